The normalized spacial score (nSPS) is 20.8. The summed E-state index contributed by atoms with van der Waals surface area (Å²) in [6.45, 7) is 5.44. The Balaban J connectivity index is 1.88. The van der Waals surface area contributed by atoms with Crippen LogP contribution >= 0.6 is 0 Å². The fourth-order valence-corrected chi connectivity index (χ4v) is 1.83. The Hall–Kier alpha value is -1.65. The van der Waals surface area contributed by atoms with Crippen LogP contribution in [0.1, 0.15) is 30.8 Å². The Kier molecular flexibility index (Phi) is 3.00. The van der Waals surface area contributed by atoms with Crippen molar-refractivity contribution in [2.75, 3.05) is 18.9 Å². The van der Waals surface area contributed by atoms with E-state index >= 15 is 0 Å². The van der Waals surface area contributed by atoms with Crippen LogP contribution in [0.2, 0.25) is 0 Å². The number of amides is 1. The van der Waals surface area contributed by atoms with Crippen LogP contribution < -0.4 is 10.6 Å². The number of anilines is 1. The van der Waals surface area contributed by atoms with E-state index in [2.05, 4.69) is 34.7 Å². The zero-order valence-corrected chi connectivity index (χ0v) is 10.4. The van der Waals surface area contributed by atoms with Crippen molar-refractivity contribution in [2.45, 2.75) is 20.3 Å². The van der Waals surface area contributed by atoms with E-state index in [1.54, 1.807) is 19.2 Å². The Morgan fingerprint density at radius 3 is 2.65 bits per heavy atom. The number of nitrogens with one attached hydrogen (secondary N) is 2. The molecule has 0 bridgehead atoms. The molecule has 0 saturated heterocycles. The van der Waals surface area contributed by atoms with E-state index in [1.807, 2.05) is 0 Å². The molecular formula is C12H18N4O. The fourth-order valence-electron chi connectivity index (χ4n) is 1.83. The first-order chi connectivity index (χ1) is 8.03. The van der Waals surface area contributed by atoms with E-state index in [-0.39, 0.29) is 5.91 Å². The zero-order chi connectivity index (χ0) is 12.5. The summed E-state index contributed by atoms with van der Waals surface area (Å²) >= 11 is 0. The maximum Gasteiger partial charge on any atom is 0.271 e. The summed E-state index contributed by atoms with van der Waals surface area (Å²) in [5.41, 5.74) is 0.799. The summed E-state index contributed by atoms with van der Waals surface area (Å²) in [6, 6.07) is 3.46. The monoisotopic (exact) mass is 234 g/mol. The van der Waals surface area contributed by atoms with Gasteiger partial charge in [-0.3, -0.25) is 4.79 Å². The third-order valence-corrected chi connectivity index (χ3v) is 3.37. The first kappa shape index (κ1) is 11.8. The number of nitrogens with zero attached hydrogens (tertiary/aromatic N) is 2. The largest absolute Gasteiger partial charge is 0.368 e. The minimum absolute atomic E-state index is 0.215. The Bertz CT molecular complexity index is 413. The maximum atomic E-state index is 11.3. The van der Waals surface area contributed by atoms with Crippen LogP contribution in [0.4, 0.5) is 5.82 Å². The lowest BCUT2D eigenvalue weighted by Crippen LogP contribution is -2.20. The van der Waals surface area contributed by atoms with E-state index in [1.165, 1.54) is 6.42 Å². The van der Waals surface area contributed by atoms with Crippen molar-refractivity contribution in [3.05, 3.63) is 17.8 Å². The first-order valence-electron chi connectivity index (χ1n) is 5.82. The van der Waals surface area contributed by atoms with Crippen molar-refractivity contribution in [1.29, 1.82) is 0 Å². The molecule has 0 aromatic carbocycles. The molecule has 1 amide bonds. The highest BCUT2D eigenvalue weighted by Crippen LogP contribution is 2.51. The van der Waals surface area contributed by atoms with Crippen molar-refractivity contribution in [2.24, 2.45) is 11.3 Å². The number of aromatic nitrogens is 2. The molecule has 2 rings (SSSR count). The highest BCUT2D eigenvalue weighted by molar-refractivity contribution is 5.91. The van der Waals surface area contributed by atoms with Crippen molar-refractivity contribution >= 4 is 11.7 Å². The van der Waals surface area contributed by atoms with Crippen LogP contribution in [0.5, 0.6) is 0 Å². The molecular weight excluding hydrogens is 216 g/mol. The number of hydrogen-bond acceptors (Lipinski definition) is 4. The average Bonchev–Trinajstić information content (AvgIpc) is 2.94. The van der Waals surface area contributed by atoms with Gasteiger partial charge in [-0.2, -0.15) is 0 Å². The molecule has 2 N–H and O–H groups in total. The van der Waals surface area contributed by atoms with E-state index < -0.39 is 0 Å². The minimum atomic E-state index is -0.215. The topological polar surface area (TPSA) is 66.9 Å². The highest BCUT2D eigenvalue weighted by atomic mass is 16.1. The molecule has 92 valence electrons. The van der Waals surface area contributed by atoms with Crippen LogP contribution in [-0.2, 0) is 0 Å². The lowest BCUT2D eigenvalue weighted by molar-refractivity contribution is 0.0957. The van der Waals surface area contributed by atoms with Crippen molar-refractivity contribution in [3.8, 4) is 0 Å². The third kappa shape index (κ3) is 2.72. The molecule has 0 spiro atoms. The van der Waals surface area contributed by atoms with Gasteiger partial charge in [0.15, 0.2) is 5.69 Å². The third-order valence-electron chi connectivity index (χ3n) is 3.37. The van der Waals surface area contributed by atoms with Crippen LogP contribution in [0.15, 0.2) is 12.1 Å². The van der Waals surface area contributed by atoms with Gasteiger partial charge in [-0.15, -0.1) is 10.2 Å². The van der Waals surface area contributed by atoms with Gasteiger partial charge in [-0.1, -0.05) is 13.8 Å². The standard InChI is InChI=1S/C12H18N4O/c1-12(2)6-8(12)7-14-10-5-4-9(15-16-10)11(17)13-3/h4-5,8H,6-7H2,1-3H3,(H,13,17)(H,14,16). The van der Waals surface area contributed by atoms with Gasteiger partial charge in [0.1, 0.15) is 5.82 Å². The van der Waals surface area contributed by atoms with Gasteiger partial charge in [-0.05, 0) is 29.9 Å². The molecule has 1 atom stereocenters. The van der Waals surface area contributed by atoms with Crippen molar-refractivity contribution in [3.63, 3.8) is 0 Å². The molecule has 1 fully saturated rings. The van der Waals surface area contributed by atoms with Gasteiger partial charge in [0.05, 0.1) is 0 Å². The van der Waals surface area contributed by atoms with Crippen LogP contribution in [-0.4, -0.2) is 29.7 Å². The molecule has 1 heterocycles. The molecule has 1 aliphatic rings. The molecule has 1 aromatic heterocycles. The number of carbonyl (C=O) groups is 1. The SMILES string of the molecule is CNC(=O)c1ccc(NCC2CC2(C)C)nn1. The molecule has 5 nitrogen and oxygen atoms in total. The summed E-state index contributed by atoms with van der Waals surface area (Å²) in [5.74, 6) is 1.22. The van der Waals surface area contributed by atoms with Crippen LogP contribution in [0.3, 0.4) is 0 Å². The Labute approximate surface area is 101 Å². The van der Waals surface area contributed by atoms with Crippen molar-refractivity contribution in [1.82, 2.24) is 15.5 Å². The van der Waals surface area contributed by atoms with Gasteiger partial charge in [-0.25, -0.2) is 0 Å². The van der Waals surface area contributed by atoms with E-state index in [0.717, 1.165) is 12.4 Å². The van der Waals surface area contributed by atoms with E-state index in [0.29, 0.717) is 17.0 Å². The number of hydrogen-bond donors (Lipinski definition) is 2. The fraction of sp³-hybridized carbons (Fsp3) is 0.583. The van der Waals surface area contributed by atoms with Crippen molar-refractivity contribution < 1.29 is 4.79 Å². The highest BCUT2D eigenvalue weighted by Gasteiger charge is 2.44. The molecule has 0 radical (unpaired) electrons. The quantitative estimate of drug-likeness (QED) is 0.824. The second kappa shape index (κ2) is 4.31. The lowest BCUT2D eigenvalue weighted by atomic mass is 10.1. The van der Waals surface area contributed by atoms with E-state index in [4.69, 9.17) is 0 Å². The molecule has 1 unspecified atom stereocenters. The summed E-state index contributed by atoms with van der Waals surface area (Å²) in [6.07, 6.45) is 1.25. The molecule has 1 aliphatic carbocycles. The predicted octanol–water partition coefficient (Wildman–Crippen LogP) is 1.29. The molecule has 1 aromatic rings. The van der Waals surface area contributed by atoms with Gasteiger partial charge >= 0.3 is 0 Å². The summed E-state index contributed by atoms with van der Waals surface area (Å²) in [4.78, 5) is 11.3. The molecule has 17 heavy (non-hydrogen) atoms. The first-order valence-corrected chi connectivity index (χ1v) is 5.82. The molecule has 5 heteroatoms. The average molecular weight is 234 g/mol. The Morgan fingerprint density at radius 1 is 1.47 bits per heavy atom. The lowest BCUT2D eigenvalue weighted by Gasteiger charge is -2.06. The smallest absolute Gasteiger partial charge is 0.271 e. The molecule has 1 saturated carbocycles. The second-order valence-corrected chi connectivity index (χ2v) is 5.15. The summed E-state index contributed by atoms with van der Waals surface area (Å²) in [5, 5.41) is 13.6. The van der Waals surface area contributed by atoms with Crippen LogP contribution in [0.25, 0.3) is 0 Å². The minimum Gasteiger partial charge on any atom is -0.368 e. The van der Waals surface area contributed by atoms with Gasteiger partial charge in [0, 0.05) is 13.6 Å². The second-order valence-electron chi connectivity index (χ2n) is 5.15. The maximum absolute atomic E-state index is 11.3. The number of carbonyl (C=O) groups excluding carboxylic acids is 1. The summed E-state index contributed by atoms with van der Waals surface area (Å²) in [7, 11) is 1.57. The number of rotatable bonds is 4. The molecule has 0 aliphatic heterocycles. The van der Waals surface area contributed by atoms with Gasteiger partial charge in [0.2, 0.25) is 0 Å². The van der Waals surface area contributed by atoms with Gasteiger partial charge in [0.25, 0.3) is 5.91 Å². The zero-order valence-electron chi connectivity index (χ0n) is 10.4. The predicted molar refractivity (Wildman–Crippen MR) is 65.8 cm³/mol. The summed E-state index contributed by atoms with van der Waals surface area (Å²) < 4.78 is 0. The Morgan fingerprint density at radius 2 is 2.18 bits per heavy atom. The van der Waals surface area contributed by atoms with E-state index in [9.17, 15) is 4.79 Å². The van der Waals surface area contributed by atoms with Gasteiger partial charge < -0.3 is 10.6 Å². The van der Waals surface area contributed by atoms with Crippen LogP contribution in [0, 0.1) is 11.3 Å².